The van der Waals surface area contributed by atoms with E-state index < -0.39 is 38.1 Å². The van der Waals surface area contributed by atoms with E-state index >= 15 is 0 Å². The maximum absolute atomic E-state index is 12.6. The minimum absolute atomic E-state index is 0.0106. The molecule has 14 heteroatoms. The van der Waals surface area contributed by atoms with Crippen molar-refractivity contribution >= 4 is 38.2 Å². The Morgan fingerprint density at radius 2 is 2.00 bits per heavy atom. The Balaban J connectivity index is 1.80. The molecule has 0 amide bonds. The van der Waals surface area contributed by atoms with Crippen LogP contribution in [0, 0.1) is 6.92 Å². The fourth-order valence-corrected chi connectivity index (χ4v) is 4.86. The van der Waals surface area contributed by atoms with E-state index in [1.54, 1.807) is 18.3 Å². The topological polar surface area (TPSA) is 188 Å². The summed E-state index contributed by atoms with van der Waals surface area (Å²) in [7, 11) is -9.22. The largest absolute Gasteiger partial charge is 0.410 e. The Hall–Kier alpha value is -3.23. The molecule has 1 atom stereocenters. The highest BCUT2D eigenvalue weighted by Crippen LogP contribution is 2.39. The first-order valence-electron chi connectivity index (χ1n) is 10.2. The molecule has 2 aromatic rings. The average Bonchev–Trinajstić information content (AvgIpc) is 3.16. The standard InChI is InChI=1S/C20H24N4O8S2/c1-3-13(10-19(25)31-33(21,27)28)20(26)32-34(29,30)24-17-9-5-6-14-15(17)7-4-8-16(14)18-11-22-12(2)23-18/h5-6,9-11,16,24H,3-4,7-8H2,1-2H3,(H,22,23)(H2,21,27,28)/b13-10-. The lowest BCUT2D eigenvalue weighted by Crippen LogP contribution is -2.24. The van der Waals surface area contributed by atoms with Crippen molar-refractivity contribution < 1.29 is 34.8 Å². The summed E-state index contributed by atoms with van der Waals surface area (Å²) in [6, 6.07) is 5.17. The van der Waals surface area contributed by atoms with Crippen LogP contribution in [0.1, 0.15) is 54.7 Å². The number of fused-ring (bicyclic) bond motifs is 1. The van der Waals surface area contributed by atoms with Crippen LogP contribution in [0.5, 0.6) is 0 Å². The molecule has 0 spiro atoms. The maximum Gasteiger partial charge on any atom is 0.410 e. The molecule has 184 valence electrons. The van der Waals surface area contributed by atoms with Gasteiger partial charge in [-0.05, 0) is 49.8 Å². The van der Waals surface area contributed by atoms with E-state index in [4.69, 9.17) is 0 Å². The van der Waals surface area contributed by atoms with Gasteiger partial charge in [0, 0.05) is 29.5 Å². The Morgan fingerprint density at radius 1 is 1.26 bits per heavy atom. The van der Waals surface area contributed by atoms with Gasteiger partial charge in [-0.25, -0.2) is 14.6 Å². The zero-order valence-electron chi connectivity index (χ0n) is 18.4. The highest BCUT2D eigenvalue weighted by molar-refractivity contribution is 7.88. The molecule has 0 aliphatic heterocycles. The predicted octanol–water partition coefficient (Wildman–Crippen LogP) is 1.47. The molecular weight excluding hydrogens is 488 g/mol. The van der Waals surface area contributed by atoms with Crippen LogP contribution < -0.4 is 9.86 Å². The summed E-state index contributed by atoms with van der Waals surface area (Å²) >= 11 is 0. The molecule has 4 N–H and O–H groups in total. The molecular formula is C20H24N4O8S2. The molecule has 0 saturated heterocycles. The van der Waals surface area contributed by atoms with Crippen LogP contribution in [0.3, 0.4) is 0 Å². The molecule has 1 aromatic heterocycles. The van der Waals surface area contributed by atoms with Gasteiger partial charge >= 0.3 is 32.5 Å². The Morgan fingerprint density at radius 3 is 2.62 bits per heavy atom. The summed E-state index contributed by atoms with van der Waals surface area (Å²) in [5, 5.41) is 4.59. The molecule has 1 aromatic carbocycles. The third kappa shape index (κ3) is 6.42. The number of rotatable bonds is 8. The van der Waals surface area contributed by atoms with Gasteiger partial charge in [0.15, 0.2) is 0 Å². The summed E-state index contributed by atoms with van der Waals surface area (Å²) in [6.07, 6.45) is 4.41. The van der Waals surface area contributed by atoms with Gasteiger partial charge < -0.3 is 13.4 Å². The number of anilines is 1. The average molecular weight is 513 g/mol. The summed E-state index contributed by atoms with van der Waals surface area (Å²) in [5.74, 6) is -2.04. The summed E-state index contributed by atoms with van der Waals surface area (Å²) in [5.41, 5.74) is 2.47. The van der Waals surface area contributed by atoms with E-state index in [1.807, 2.05) is 13.0 Å². The van der Waals surface area contributed by atoms with Gasteiger partial charge in [-0.3, -0.25) is 4.72 Å². The van der Waals surface area contributed by atoms with Gasteiger partial charge in [0.25, 0.3) is 0 Å². The normalized spacial score (nSPS) is 16.4. The lowest BCUT2D eigenvalue weighted by molar-refractivity contribution is -0.132. The number of nitrogens with two attached hydrogens (primary N) is 1. The highest BCUT2D eigenvalue weighted by Gasteiger charge is 2.28. The second-order valence-corrected chi connectivity index (χ2v) is 10.0. The fraction of sp³-hybridized carbons (Fsp3) is 0.350. The molecule has 0 saturated carbocycles. The molecule has 0 bridgehead atoms. The van der Waals surface area contributed by atoms with Crippen LogP contribution >= 0.6 is 0 Å². The summed E-state index contributed by atoms with van der Waals surface area (Å²) in [4.78, 5) is 31.3. The number of nitrogens with one attached hydrogen (secondary N) is 2. The Labute approximate surface area is 197 Å². The van der Waals surface area contributed by atoms with Crippen molar-refractivity contribution in [3.63, 3.8) is 0 Å². The second-order valence-electron chi connectivity index (χ2n) is 7.59. The van der Waals surface area contributed by atoms with Gasteiger partial charge in [-0.1, -0.05) is 19.1 Å². The number of carbonyl (C=O) groups is 2. The smallest absolute Gasteiger partial charge is 0.346 e. The quantitative estimate of drug-likeness (QED) is 0.440. The minimum atomic E-state index is -4.63. The minimum Gasteiger partial charge on any atom is -0.346 e. The Kier molecular flexibility index (Phi) is 7.43. The highest BCUT2D eigenvalue weighted by atomic mass is 32.2. The number of benzene rings is 1. The predicted molar refractivity (Wildman–Crippen MR) is 121 cm³/mol. The number of aromatic nitrogens is 2. The third-order valence-electron chi connectivity index (χ3n) is 5.16. The Bertz CT molecular complexity index is 1350. The van der Waals surface area contributed by atoms with Crippen molar-refractivity contribution in [3.05, 3.63) is 58.7 Å². The molecule has 1 aliphatic rings. The summed E-state index contributed by atoms with van der Waals surface area (Å²) < 4.78 is 57.5. The molecule has 0 fully saturated rings. The molecule has 0 radical (unpaired) electrons. The van der Waals surface area contributed by atoms with Crippen LogP contribution in [0.15, 0.2) is 36.0 Å². The molecule has 34 heavy (non-hydrogen) atoms. The zero-order valence-corrected chi connectivity index (χ0v) is 20.0. The van der Waals surface area contributed by atoms with Crippen LogP contribution in [0.25, 0.3) is 0 Å². The van der Waals surface area contributed by atoms with E-state index in [0.29, 0.717) is 12.5 Å². The maximum atomic E-state index is 12.6. The van der Waals surface area contributed by atoms with E-state index in [1.165, 1.54) is 6.92 Å². The first kappa shape index (κ1) is 25.4. The van der Waals surface area contributed by atoms with Crippen LogP contribution in [-0.2, 0) is 45.0 Å². The first-order chi connectivity index (χ1) is 15.9. The number of H-pyrrole nitrogens is 1. The number of hydrogen-bond acceptors (Lipinski definition) is 9. The summed E-state index contributed by atoms with van der Waals surface area (Å²) in [6.45, 7) is 3.28. The van der Waals surface area contributed by atoms with Crippen LogP contribution in [0.2, 0.25) is 0 Å². The number of imidazole rings is 1. The zero-order chi connectivity index (χ0) is 25.1. The van der Waals surface area contributed by atoms with Crippen molar-refractivity contribution in [2.75, 3.05) is 4.72 Å². The SMILES string of the molecule is CC/C(=C/C(=O)OS(N)(=O)=O)C(=O)OS(=O)(=O)Nc1cccc2c1CCCC2c1cnc(C)[nH]1. The van der Waals surface area contributed by atoms with Crippen LogP contribution in [0.4, 0.5) is 5.69 Å². The van der Waals surface area contributed by atoms with Crippen molar-refractivity contribution in [2.24, 2.45) is 5.14 Å². The van der Waals surface area contributed by atoms with Gasteiger partial charge in [-0.15, -0.1) is 0 Å². The van der Waals surface area contributed by atoms with Crippen molar-refractivity contribution in [1.29, 1.82) is 0 Å². The van der Waals surface area contributed by atoms with Crippen molar-refractivity contribution in [2.45, 2.75) is 45.4 Å². The van der Waals surface area contributed by atoms with Gasteiger partial charge in [0.1, 0.15) is 5.82 Å². The van der Waals surface area contributed by atoms with E-state index in [-0.39, 0.29) is 18.0 Å². The fourth-order valence-electron chi connectivity index (χ4n) is 3.78. The first-order valence-corrected chi connectivity index (χ1v) is 13.1. The lowest BCUT2D eigenvalue weighted by atomic mass is 9.80. The molecule has 1 unspecified atom stereocenters. The van der Waals surface area contributed by atoms with Crippen molar-refractivity contribution in [3.8, 4) is 0 Å². The number of carbonyl (C=O) groups excluding carboxylic acids is 2. The lowest BCUT2D eigenvalue weighted by Gasteiger charge is -2.26. The van der Waals surface area contributed by atoms with Gasteiger partial charge in [0.2, 0.25) is 0 Å². The van der Waals surface area contributed by atoms with E-state index in [9.17, 15) is 26.4 Å². The van der Waals surface area contributed by atoms with Gasteiger partial charge in [-0.2, -0.15) is 22.0 Å². The van der Waals surface area contributed by atoms with Gasteiger partial charge in [0.05, 0.1) is 5.69 Å². The van der Waals surface area contributed by atoms with Crippen molar-refractivity contribution in [1.82, 2.24) is 9.97 Å². The number of aromatic amines is 1. The number of nitrogens with zero attached hydrogens (tertiary/aromatic N) is 1. The molecule has 1 heterocycles. The number of hydrogen-bond donors (Lipinski definition) is 3. The third-order valence-corrected chi connectivity index (χ3v) is 6.40. The monoisotopic (exact) mass is 512 g/mol. The van der Waals surface area contributed by atoms with E-state index in [0.717, 1.165) is 35.5 Å². The molecule has 12 nitrogen and oxygen atoms in total. The number of aryl methyl sites for hydroxylation is 1. The second kappa shape index (κ2) is 9.95. The van der Waals surface area contributed by atoms with E-state index in [2.05, 4.69) is 28.2 Å². The van der Waals surface area contributed by atoms with Crippen LogP contribution in [-0.4, -0.2) is 38.7 Å². The molecule has 1 aliphatic carbocycles. The molecule has 3 rings (SSSR count).